The lowest BCUT2D eigenvalue weighted by Crippen LogP contribution is -3.00. The fraction of sp³-hybridized carbons (Fsp3) is 0.700. The maximum Gasteiger partial charge on any atom is 0.0978 e. The Morgan fingerprint density at radius 2 is 1.61 bits per heavy atom. The predicted molar refractivity (Wildman–Crippen MR) is 91.6 cm³/mol. The summed E-state index contributed by atoms with van der Waals surface area (Å²) >= 11 is 0. The lowest BCUT2D eigenvalue weighted by Gasteiger charge is -2.41. The molecule has 3 heteroatoms. The number of nitrogens with zero attached hydrogens (tertiary/aromatic N) is 1. The monoisotopic (exact) mass is 337 g/mol. The Morgan fingerprint density at radius 3 is 2.22 bits per heavy atom. The first-order valence-electron chi connectivity index (χ1n) is 9.24. The molecule has 1 saturated carbocycles. The Balaban J connectivity index is 0.00000192. The molecule has 0 amide bonds. The highest BCUT2D eigenvalue weighted by Gasteiger charge is 2.41. The van der Waals surface area contributed by atoms with Gasteiger partial charge in [0, 0.05) is 19.3 Å². The van der Waals surface area contributed by atoms with E-state index in [1.807, 2.05) is 0 Å². The average Bonchev–Trinajstić information content (AvgIpc) is 3.01. The van der Waals surface area contributed by atoms with Gasteiger partial charge < -0.3 is 22.0 Å². The quantitative estimate of drug-likeness (QED) is 0.797. The zero-order valence-electron chi connectivity index (χ0n) is 14.5. The summed E-state index contributed by atoms with van der Waals surface area (Å²) in [6, 6.07) is 10.5. The molecule has 1 aromatic rings. The molecule has 0 spiro atoms. The molecular weight excluding hydrogens is 306 g/mol. The van der Waals surface area contributed by atoms with Gasteiger partial charge >= 0.3 is 0 Å². The number of quaternary nitrogens is 1. The summed E-state index contributed by atoms with van der Waals surface area (Å²) in [5, 5.41) is 11.7. The third-order valence-electron chi connectivity index (χ3n) is 6.23. The van der Waals surface area contributed by atoms with Gasteiger partial charge in [0.2, 0.25) is 0 Å². The van der Waals surface area contributed by atoms with Crippen LogP contribution in [0.4, 0.5) is 0 Å². The summed E-state index contributed by atoms with van der Waals surface area (Å²) in [6.45, 7) is 3.69. The van der Waals surface area contributed by atoms with Gasteiger partial charge in [-0.3, -0.25) is 0 Å². The van der Waals surface area contributed by atoms with Gasteiger partial charge in [0.1, 0.15) is 0 Å². The van der Waals surface area contributed by atoms with Gasteiger partial charge in [0.25, 0.3) is 0 Å². The van der Waals surface area contributed by atoms with Crippen LogP contribution in [-0.4, -0.2) is 36.3 Å². The first-order valence-corrected chi connectivity index (χ1v) is 9.24. The van der Waals surface area contributed by atoms with E-state index in [1.54, 1.807) is 0 Å². The van der Waals surface area contributed by atoms with Crippen LogP contribution in [0.15, 0.2) is 30.3 Å². The minimum absolute atomic E-state index is 0. The second-order valence-corrected chi connectivity index (χ2v) is 7.87. The summed E-state index contributed by atoms with van der Waals surface area (Å²) in [5.41, 5.74) is 0.527. The molecule has 1 N–H and O–H groups in total. The third kappa shape index (κ3) is 4.29. The second kappa shape index (κ2) is 8.00. The predicted octanol–water partition coefficient (Wildman–Crippen LogP) is 1.09. The number of benzene rings is 1. The van der Waals surface area contributed by atoms with E-state index < -0.39 is 5.60 Å². The van der Waals surface area contributed by atoms with Crippen molar-refractivity contribution in [3.05, 3.63) is 35.9 Å². The molecule has 130 valence electrons. The van der Waals surface area contributed by atoms with Gasteiger partial charge in [-0.15, -0.1) is 0 Å². The number of hydrogen-bond donors (Lipinski definition) is 1. The number of aliphatic hydroxyl groups is 1. The fourth-order valence-electron chi connectivity index (χ4n) is 4.65. The van der Waals surface area contributed by atoms with E-state index >= 15 is 0 Å². The number of halogens is 1. The summed E-state index contributed by atoms with van der Waals surface area (Å²) in [5.74, 6) is 0.442. The van der Waals surface area contributed by atoms with Crippen molar-refractivity contribution in [3.63, 3.8) is 0 Å². The molecular formula is C20H32ClNO. The Morgan fingerprint density at radius 1 is 1.00 bits per heavy atom. The van der Waals surface area contributed by atoms with Crippen LogP contribution in [0, 0.1) is 5.92 Å². The molecule has 3 rings (SSSR count). The Hall–Kier alpha value is -0.570. The smallest absolute Gasteiger partial charge is 0.0978 e. The van der Waals surface area contributed by atoms with Crippen LogP contribution >= 0.6 is 0 Å². The van der Waals surface area contributed by atoms with E-state index in [1.165, 1.54) is 58.0 Å². The Labute approximate surface area is 147 Å². The van der Waals surface area contributed by atoms with Gasteiger partial charge in [-0.25, -0.2) is 0 Å². The van der Waals surface area contributed by atoms with Crippen molar-refractivity contribution in [3.8, 4) is 0 Å². The molecule has 1 aliphatic carbocycles. The topological polar surface area (TPSA) is 20.2 Å². The molecule has 2 nitrogen and oxygen atoms in total. The maximum absolute atomic E-state index is 11.7. The SMILES string of the molecule is C[N+]1(CCC(O)(c2ccccc2)C2CCCCC2)CCCC1.[Cl-]. The average molecular weight is 338 g/mol. The molecule has 1 aliphatic heterocycles. The van der Waals surface area contributed by atoms with Crippen LogP contribution in [0.5, 0.6) is 0 Å². The van der Waals surface area contributed by atoms with Crippen molar-refractivity contribution in [2.24, 2.45) is 5.92 Å². The van der Waals surface area contributed by atoms with Crippen LogP contribution in [-0.2, 0) is 5.60 Å². The van der Waals surface area contributed by atoms with Crippen molar-refractivity contribution in [2.45, 2.75) is 57.0 Å². The molecule has 0 aromatic heterocycles. The van der Waals surface area contributed by atoms with Crippen LogP contribution < -0.4 is 12.4 Å². The molecule has 1 heterocycles. The van der Waals surface area contributed by atoms with Gasteiger partial charge in [0.15, 0.2) is 0 Å². The minimum atomic E-state index is -0.620. The molecule has 1 unspecified atom stereocenters. The third-order valence-corrected chi connectivity index (χ3v) is 6.23. The first kappa shape index (κ1) is 18.8. The largest absolute Gasteiger partial charge is 1.00 e. The zero-order valence-corrected chi connectivity index (χ0v) is 15.3. The highest BCUT2D eigenvalue weighted by Crippen LogP contribution is 2.42. The molecule has 1 aromatic carbocycles. The number of likely N-dealkylation sites (tertiary alicyclic amines) is 1. The standard InChI is InChI=1S/C20H32NO.ClH/c1-21(15-8-9-16-21)17-14-20(22,18-10-4-2-5-11-18)19-12-6-3-7-13-19;/h2,4-5,10-11,19,22H,3,6-9,12-17H2,1H3;1H/q+1;/p-1. The molecule has 1 saturated heterocycles. The van der Waals surface area contributed by atoms with E-state index in [9.17, 15) is 5.11 Å². The summed E-state index contributed by atoms with van der Waals surface area (Å²) < 4.78 is 1.15. The maximum atomic E-state index is 11.7. The van der Waals surface area contributed by atoms with Gasteiger partial charge in [-0.1, -0.05) is 49.6 Å². The Kier molecular flexibility index (Phi) is 6.53. The van der Waals surface area contributed by atoms with E-state index in [0.29, 0.717) is 5.92 Å². The summed E-state index contributed by atoms with van der Waals surface area (Å²) in [7, 11) is 2.37. The molecule has 2 fully saturated rings. The zero-order chi connectivity index (χ0) is 15.5. The van der Waals surface area contributed by atoms with E-state index in [4.69, 9.17) is 0 Å². The lowest BCUT2D eigenvalue weighted by molar-refractivity contribution is -0.898. The van der Waals surface area contributed by atoms with Crippen LogP contribution in [0.3, 0.4) is 0 Å². The van der Waals surface area contributed by atoms with Gasteiger partial charge in [-0.2, -0.15) is 0 Å². The van der Waals surface area contributed by atoms with Crippen LogP contribution in [0.1, 0.15) is 56.9 Å². The lowest BCUT2D eigenvalue weighted by atomic mass is 9.71. The van der Waals surface area contributed by atoms with Crippen LogP contribution in [0.2, 0.25) is 0 Å². The van der Waals surface area contributed by atoms with Crippen molar-refractivity contribution in [1.29, 1.82) is 0 Å². The fourth-order valence-corrected chi connectivity index (χ4v) is 4.65. The second-order valence-electron chi connectivity index (χ2n) is 7.87. The molecule has 1 atom stereocenters. The van der Waals surface area contributed by atoms with E-state index in [-0.39, 0.29) is 12.4 Å². The van der Waals surface area contributed by atoms with Crippen molar-refractivity contribution >= 4 is 0 Å². The molecule has 2 aliphatic rings. The molecule has 23 heavy (non-hydrogen) atoms. The number of rotatable bonds is 5. The molecule has 0 radical (unpaired) electrons. The minimum Gasteiger partial charge on any atom is -1.00 e. The van der Waals surface area contributed by atoms with Gasteiger partial charge in [-0.05, 0) is 24.3 Å². The highest BCUT2D eigenvalue weighted by molar-refractivity contribution is 5.23. The summed E-state index contributed by atoms with van der Waals surface area (Å²) in [4.78, 5) is 0. The normalized spacial score (nSPS) is 23.9. The van der Waals surface area contributed by atoms with Crippen molar-refractivity contribution in [1.82, 2.24) is 0 Å². The van der Waals surface area contributed by atoms with E-state index in [0.717, 1.165) is 23.0 Å². The first-order chi connectivity index (χ1) is 10.6. The summed E-state index contributed by atoms with van der Waals surface area (Å²) in [6.07, 6.45) is 9.91. The number of hydrogen-bond acceptors (Lipinski definition) is 1. The van der Waals surface area contributed by atoms with Crippen molar-refractivity contribution in [2.75, 3.05) is 26.7 Å². The Bertz CT molecular complexity index is 466. The van der Waals surface area contributed by atoms with Crippen molar-refractivity contribution < 1.29 is 22.0 Å². The highest BCUT2D eigenvalue weighted by atomic mass is 35.5. The van der Waals surface area contributed by atoms with Gasteiger partial charge in [0.05, 0.1) is 32.3 Å². The molecule has 0 bridgehead atoms. The van der Waals surface area contributed by atoms with E-state index in [2.05, 4.69) is 37.4 Å². The van der Waals surface area contributed by atoms with Crippen LogP contribution in [0.25, 0.3) is 0 Å².